The maximum atomic E-state index is 12.5. The van der Waals surface area contributed by atoms with Crippen LogP contribution in [0, 0.1) is 0 Å². The maximum absolute atomic E-state index is 12.5. The highest BCUT2D eigenvalue weighted by molar-refractivity contribution is 6.01. The summed E-state index contributed by atoms with van der Waals surface area (Å²) < 4.78 is 11.9. The van der Waals surface area contributed by atoms with Gasteiger partial charge < -0.3 is 20.1 Å². The zero-order valence-electron chi connectivity index (χ0n) is 20.3. The third-order valence-electron chi connectivity index (χ3n) is 7.55. The number of aromatic nitrogens is 2. The van der Waals surface area contributed by atoms with Crippen LogP contribution in [0.2, 0.25) is 0 Å². The average Bonchev–Trinajstić information content (AvgIpc) is 3.67. The van der Waals surface area contributed by atoms with Crippen LogP contribution in [0.5, 0.6) is 5.75 Å². The summed E-state index contributed by atoms with van der Waals surface area (Å²) >= 11 is 0. The van der Waals surface area contributed by atoms with E-state index in [4.69, 9.17) is 15.2 Å². The number of nitrogen functional groups attached to an aromatic ring is 1. The molecule has 0 radical (unpaired) electrons. The molecule has 2 saturated heterocycles. The third kappa shape index (κ3) is 4.48. The quantitative estimate of drug-likeness (QED) is 0.523. The summed E-state index contributed by atoms with van der Waals surface area (Å²) in [4.78, 5) is 17.5. The van der Waals surface area contributed by atoms with Gasteiger partial charge in [0.25, 0.3) is 0 Å². The minimum Gasteiger partial charge on any atom is -0.489 e. The highest BCUT2D eigenvalue weighted by Crippen LogP contribution is 2.38. The fourth-order valence-corrected chi connectivity index (χ4v) is 5.42. The Labute approximate surface area is 205 Å². The van der Waals surface area contributed by atoms with Crippen molar-refractivity contribution < 1.29 is 14.3 Å². The molecular weight excluding hydrogens is 442 g/mol. The summed E-state index contributed by atoms with van der Waals surface area (Å²) in [6.07, 6.45) is 4.46. The number of nitrogens with zero attached hydrogens (tertiary/aromatic N) is 3. The van der Waals surface area contributed by atoms with Gasteiger partial charge in [-0.3, -0.25) is 14.8 Å². The molecule has 8 heteroatoms. The van der Waals surface area contributed by atoms with Gasteiger partial charge in [-0.15, -0.1) is 0 Å². The molecule has 2 aliphatic heterocycles. The number of piperazine rings is 1. The van der Waals surface area contributed by atoms with E-state index < -0.39 is 0 Å². The molecule has 0 unspecified atom stereocenters. The molecule has 6 rings (SSSR count). The number of carbonyl (C=O) groups is 1. The molecule has 35 heavy (non-hydrogen) atoms. The van der Waals surface area contributed by atoms with Crippen LogP contribution in [0.3, 0.4) is 0 Å². The number of carbonyl (C=O) groups excluding carboxylic acids is 1. The first kappa shape index (κ1) is 22.4. The topological polar surface area (TPSA) is 96.7 Å². The molecule has 0 atom stereocenters. The monoisotopic (exact) mass is 475 g/mol. The van der Waals surface area contributed by atoms with E-state index >= 15 is 0 Å². The number of nitrogens with one attached hydrogen (secondary N) is 1. The maximum Gasteiger partial charge on any atom is 0.161 e. The van der Waals surface area contributed by atoms with Gasteiger partial charge in [-0.1, -0.05) is 6.07 Å². The van der Waals surface area contributed by atoms with Crippen LogP contribution in [0.4, 0.5) is 11.5 Å². The van der Waals surface area contributed by atoms with Gasteiger partial charge in [0.2, 0.25) is 0 Å². The van der Waals surface area contributed by atoms with Gasteiger partial charge in [0, 0.05) is 56.3 Å². The lowest BCUT2D eigenvalue weighted by Gasteiger charge is -2.37. The second kappa shape index (κ2) is 9.17. The minimum absolute atomic E-state index is 0.0925. The molecule has 1 aliphatic carbocycles. The second-order valence-corrected chi connectivity index (χ2v) is 9.98. The van der Waals surface area contributed by atoms with Crippen molar-refractivity contribution in [3.05, 3.63) is 35.9 Å². The fraction of sp³-hybridized carbons (Fsp3) is 0.481. The number of rotatable bonds is 6. The van der Waals surface area contributed by atoms with E-state index in [1.807, 2.05) is 12.1 Å². The van der Waals surface area contributed by atoms with E-state index in [2.05, 4.69) is 38.2 Å². The van der Waals surface area contributed by atoms with Crippen molar-refractivity contribution in [1.82, 2.24) is 15.1 Å². The number of anilines is 2. The van der Waals surface area contributed by atoms with Gasteiger partial charge in [-0.25, -0.2) is 0 Å². The molecule has 1 saturated carbocycles. The van der Waals surface area contributed by atoms with Crippen molar-refractivity contribution in [3.8, 4) is 16.9 Å². The lowest BCUT2D eigenvalue weighted by atomic mass is 9.98. The number of hydrogen-bond acceptors (Lipinski definition) is 7. The number of Topliss-reactive ketones (excluding diaryl/α,β-unsaturated/α-hetero) is 1. The predicted octanol–water partition coefficient (Wildman–Crippen LogP) is 3.86. The SMILES string of the molecule is CC(=O)c1ccc(-c2cc(OC3CCOCC3)c3c(N)n[nH]c3c2)cc1N1CCN(C2CC2)CC1. The van der Waals surface area contributed by atoms with E-state index in [1.165, 1.54) is 12.8 Å². The van der Waals surface area contributed by atoms with E-state index in [0.29, 0.717) is 19.0 Å². The second-order valence-electron chi connectivity index (χ2n) is 9.98. The molecular formula is C27H33N5O3. The Morgan fingerprint density at radius 3 is 2.54 bits per heavy atom. The van der Waals surface area contributed by atoms with Crippen LogP contribution in [0.25, 0.3) is 22.0 Å². The first-order chi connectivity index (χ1) is 17.1. The van der Waals surface area contributed by atoms with E-state index in [0.717, 1.165) is 84.1 Å². The zero-order chi connectivity index (χ0) is 23.9. The van der Waals surface area contributed by atoms with Crippen LogP contribution in [0.1, 0.15) is 43.0 Å². The molecule has 8 nitrogen and oxygen atoms in total. The van der Waals surface area contributed by atoms with Crippen LogP contribution < -0.4 is 15.4 Å². The lowest BCUT2D eigenvalue weighted by molar-refractivity contribution is 0.0262. The third-order valence-corrected chi connectivity index (χ3v) is 7.55. The van der Waals surface area contributed by atoms with Gasteiger partial charge in [-0.05, 0) is 55.2 Å². The molecule has 3 heterocycles. The number of hydrogen-bond donors (Lipinski definition) is 2. The van der Waals surface area contributed by atoms with Crippen molar-refractivity contribution in [2.24, 2.45) is 0 Å². The first-order valence-electron chi connectivity index (χ1n) is 12.7. The molecule has 3 aliphatic rings. The van der Waals surface area contributed by atoms with E-state index in [1.54, 1.807) is 6.92 Å². The number of ketones is 1. The number of aromatic amines is 1. The van der Waals surface area contributed by atoms with Crippen LogP contribution in [-0.2, 0) is 4.74 Å². The first-order valence-corrected chi connectivity index (χ1v) is 12.7. The number of benzene rings is 2. The van der Waals surface area contributed by atoms with E-state index in [9.17, 15) is 4.79 Å². The van der Waals surface area contributed by atoms with Gasteiger partial charge in [0.1, 0.15) is 11.9 Å². The Bertz CT molecular complexity index is 1240. The minimum atomic E-state index is 0.0925. The molecule has 3 fully saturated rings. The Hall–Kier alpha value is -3.10. The van der Waals surface area contributed by atoms with Crippen LogP contribution in [-0.4, -0.2) is 72.4 Å². The summed E-state index contributed by atoms with van der Waals surface area (Å²) in [5.74, 6) is 1.28. The highest BCUT2D eigenvalue weighted by atomic mass is 16.5. The van der Waals surface area contributed by atoms with Gasteiger partial charge >= 0.3 is 0 Å². The summed E-state index contributed by atoms with van der Waals surface area (Å²) in [5, 5.41) is 8.10. The molecule has 184 valence electrons. The van der Waals surface area contributed by atoms with Crippen molar-refractivity contribution in [3.63, 3.8) is 0 Å². The Kier molecular flexibility index (Phi) is 5.86. The van der Waals surface area contributed by atoms with Gasteiger partial charge in [0.15, 0.2) is 11.6 Å². The number of nitrogens with two attached hydrogens (primary N) is 1. The largest absolute Gasteiger partial charge is 0.489 e. The number of H-pyrrole nitrogens is 1. The molecule has 0 amide bonds. The lowest BCUT2D eigenvalue weighted by Crippen LogP contribution is -2.47. The molecule has 2 aromatic carbocycles. The zero-order valence-corrected chi connectivity index (χ0v) is 20.3. The summed E-state index contributed by atoms with van der Waals surface area (Å²) in [7, 11) is 0. The van der Waals surface area contributed by atoms with Gasteiger partial charge in [-0.2, -0.15) is 5.10 Å². The Morgan fingerprint density at radius 1 is 1.06 bits per heavy atom. The molecule has 3 aromatic rings. The Morgan fingerprint density at radius 2 is 1.83 bits per heavy atom. The van der Waals surface area contributed by atoms with Crippen molar-refractivity contribution >= 4 is 28.2 Å². The molecule has 1 aromatic heterocycles. The highest BCUT2D eigenvalue weighted by Gasteiger charge is 2.32. The van der Waals surface area contributed by atoms with Crippen LogP contribution >= 0.6 is 0 Å². The van der Waals surface area contributed by atoms with Gasteiger partial charge in [0.05, 0.1) is 24.1 Å². The smallest absolute Gasteiger partial charge is 0.161 e. The van der Waals surface area contributed by atoms with Crippen molar-refractivity contribution in [1.29, 1.82) is 0 Å². The number of fused-ring (bicyclic) bond motifs is 1. The van der Waals surface area contributed by atoms with Crippen molar-refractivity contribution in [2.75, 3.05) is 50.0 Å². The summed E-state index contributed by atoms with van der Waals surface area (Å²) in [6, 6.07) is 11.0. The average molecular weight is 476 g/mol. The van der Waals surface area contributed by atoms with Crippen molar-refractivity contribution in [2.45, 2.75) is 44.8 Å². The fourth-order valence-electron chi connectivity index (χ4n) is 5.42. The normalized spacial score (nSPS) is 19.9. The Balaban J connectivity index is 1.35. The molecule has 0 bridgehead atoms. The van der Waals surface area contributed by atoms with Crippen LogP contribution in [0.15, 0.2) is 30.3 Å². The predicted molar refractivity (Wildman–Crippen MR) is 137 cm³/mol. The standard InChI is InChI=1S/C27H33N5O3/c1-17(33)22-5-2-18(15-24(22)32-10-8-31(9-11-32)20-3-4-20)19-14-23-26(27(28)30-29-23)25(16-19)35-21-6-12-34-13-7-21/h2,5,14-16,20-21H,3-4,6-13H2,1H3,(H3,28,29,30). The van der Waals surface area contributed by atoms with E-state index in [-0.39, 0.29) is 11.9 Å². The molecule has 3 N–H and O–H groups in total. The summed E-state index contributed by atoms with van der Waals surface area (Å²) in [6.45, 7) is 7.04. The summed E-state index contributed by atoms with van der Waals surface area (Å²) in [5.41, 5.74) is 10.9. The number of ether oxygens (including phenoxy) is 2. The molecule has 0 spiro atoms.